The second-order valence-electron chi connectivity index (χ2n) is 6.46. The monoisotopic (exact) mass is 497 g/mol. The summed E-state index contributed by atoms with van der Waals surface area (Å²) in [6.07, 6.45) is 6.34. The van der Waals surface area contributed by atoms with Crippen LogP contribution in [0, 0.1) is 5.92 Å². The molecule has 3 N–H and O–H groups in total. The van der Waals surface area contributed by atoms with E-state index in [4.69, 9.17) is 0 Å². The maximum absolute atomic E-state index is 12.1. The Bertz CT molecular complexity index is 623. The Morgan fingerprint density at radius 2 is 1.96 bits per heavy atom. The van der Waals surface area contributed by atoms with Crippen molar-refractivity contribution in [2.75, 3.05) is 20.1 Å². The van der Waals surface area contributed by atoms with Crippen molar-refractivity contribution in [2.24, 2.45) is 10.9 Å². The van der Waals surface area contributed by atoms with E-state index in [1.807, 2.05) is 0 Å². The molecule has 0 spiro atoms. The van der Waals surface area contributed by atoms with Gasteiger partial charge in [-0.15, -0.1) is 24.0 Å². The highest BCUT2D eigenvalue weighted by Crippen LogP contribution is 2.08. The van der Waals surface area contributed by atoms with Crippen LogP contribution in [0.5, 0.6) is 0 Å². The van der Waals surface area contributed by atoms with Crippen LogP contribution in [0.2, 0.25) is 0 Å². The van der Waals surface area contributed by atoms with Crippen molar-refractivity contribution in [1.29, 1.82) is 0 Å². The Hall–Kier alpha value is -0.940. The average molecular weight is 497 g/mol. The van der Waals surface area contributed by atoms with E-state index in [1.54, 1.807) is 19.3 Å². The Morgan fingerprint density at radius 3 is 2.54 bits per heavy atom. The van der Waals surface area contributed by atoms with Crippen LogP contribution in [0.1, 0.15) is 40.0 Å². The van der Waals surface area contributed by atoms with Crippen molar-refractivity contribution in [3.8, 4) is 0 Å². The van der Waals surface area contributed by atoms with Crippen LogP contribution in [0.3, 0.4) is 0 Å². The van der Waals surface area contributed by atoms with Gasteiger partial charge >= 0.3 is 0 Å². The van der Waals surface area contributed by atoms with Gasteiger partial charge in [0.2, 0.25) is 10.0 Å². The quantitative estimate of drug-likeness (QED) is 0.200. The number of guanidine groups is 1. The summed E-state index contributed by atoms with van der Waals surface area (Å²) < 4.78 is 26.7. The van der Waals surface area contributed by atoms with E-state index in [2.05, 4.69) is 46.1 Å². The van der Waals surface area contributed by atoms with Gasteiger partial charge in [0.1, 0.15) is 4.90 Å². The summed E-state index contributed by atoms with van der Waals surface area (Å²) in [5, 5.41) is 6.44. The van der Waals surface area contributed by atoms with Gasteiger partial charge in [-0.3, -0.25) is 9.98 Å². The summed E-state index contributed by atoms with van der Waals surface area (Å²) in [5.41, 5.74) is 0. The molecule has 1 aromatic heterocycles. The number of hydrogen-bond donors (Lipinski definition) is 3. The van der Waals surface area contributed by atoms with Gasteiger partial charge in [0, 0.05) is 38.6 Å². The molecule has 1 heterocycles. The van der Waals surface area contributed by atoms with Crippen LogP contribution in [-0.2, 0) is 10.0 Å². The molecule has 1 unspecified atom stereocenters. The molecule has 9 heteroatoms. The first kappa shape index (κ1) is 25.1. The van der Waals surface area contributed by atoms with E-state index in [9.17, 15) is 8.42 Å². The maximum atomic E-state index is 12.1. The van der Waals surface area contributed by atoms with Crippen molar-refractivity contribution < 1.29 is 8.42 Å². The summed E-state index contributed by atoms with van der Waals surface area (Å²) in [5.74, 6) is 1.40. The van der Waals surface area contributed by atoms with Crippen molar-refractivity contribution in [2.45, 2.75) is 51.0 Å². The molecule has 0 aliphatic rings. The van der Waals surface area contributed by atoms with Gasteiger partial charge in [-0.25, -0.2) is 13.1 Å². The standard InChI is InChI=1S/C17H31N5O2S.HI/c1-14(2)7-5-8-15(3)22-17(18-4)20-11-12-21-25(23,24)16-9-6-10-19-13-16;/h6,9-10,13-15,21H,5,7-8,11-12H2,1-4H3,(H2,18,20,22);1H. The van der Waals surface area contributed by atoms with Crippen LogP contribution in [0.25, 0.3) is 0 Å². The molecule has 0 aliphatic heterocycles. The Labute approximate surface area is 174 Å². The summed E-state index contributed by atoms with van der Waals surface area (Å²) in [7, 11) is -1.82. The third-order valence-electron chi connectivity index (χ3n) is 3.68. The lowest BCUT2D eigenvalue weighted by Gasteiger charge is -2.18. The highest BCUT2D eigenvalue weighted by Gasteiger charge is 2.13. The largest absolute Gasteiger partial charge is 0.355 e. The molecule has 1 atom stereocenters. The van der Waals surface area contributed by atoms with Crippen LogP contribution < -0.4 is 15.4 Å². The van der Waals surface area contributed by atoms with Gasteiger partial charge in [-0.05, 0) is 31.4 Å². The minimum Gasteiger partial charge on any atom is -0.355 e. The summed E-state index contributed by atoms with van der Waals surface area (Å²) >= 11 is 0. The van der Waals surface area contributed by atoms with E-state index in [0.717, 1.165) is 12.3 Å². The molecule has 0 bridgehead atoms. The fraction of sp³-hybridized carbons (Fsp3) is 0.647. The number of rotatable bonds is 10. The molecule has 0 amide bonds. The second kappa shape index (κ2) is 13.3. The second-order valence-corrected chi connectivity index (χ2v) is 8.22. The summed E-state index contributed by atoms with van der Waals surface area (Å²) in [4.78, 5) is 8.16. The normalized spacial score (nSPS) is 13.2. The first-order valence-electron chi connectivity index (χ1n) is 8.72. The first-order valence-corrected chi connectivity index (χ1v) is 10.2. The fourth-order valence-corrected chi connectivity index (χ4v) is 3.28. The fourth-order valence-electron chi connectivity index (χ4n) is 2.29. The highest BCUT2D eigenvalue weighted by atomic mass is 127. The molecule has 0 saturated carbocycles. The van der Waals surface area contributed by atoms with Gasteiger partial charge in [0.15, 0.2) is 5.96 Å². The lowest BCUT2D eigenvalue weighted by Crippen LogP contribution is -2.44. The number of nitrogens with zero attached hydrogens (tertiary/aromatic N) is 2. The molecule has 0 saturated heterocycles. The number of sulfonamides is 1. The average Bonchev–Trinajstić information content (AvgIpc) is 2.58. The SMILES string of the molecule is CN=C(NCCNS(=O)(=O)c1cccnc1)NC(C)CCCC(C)C.I. The summed E-state index contributed by atoms with van der Waals surface area (Å²) in [6.45, 7) is 7.28. The Kier molecular flexibility index (Phi) is 12.8. The highest BCUT2D eigenvalue weighted by molar-refractivity contribution is 14.0. The lowest BCUT2D eigenvalue weighted by atomic mass is 10.0. The van der Waals surface area contributed by atoms with Crippen LogP contribution in [-0.4, -0.2) is 45.5 Å². The van der Waals surface area contributed by atoms with Gasteiger partial charge in [-0.1, -0.05) is 26.7 Å². The zero-order valence-corrected chi connectivity index (χ0v) is 19.2. The predicted octanol–water partition coefficient (Wildman–Crippen LogP) is 2.36. The third kappa shape index (κ3) is 10.3. The van der Waals surface area contributed by atoms with Gasteiger partial charge in [0.05, 0.1) is 0 Å². The van der Waals surface area contributed by atoms with Crippen molar-refractivity contribution in [1.82, 2.24) is 20.3 Å². The first-order chi connectivity index (χ1) is 11.8. The minimum absolute atomic E-state index is 0. The van der Waals surface area contributed by atoms with Gasteiger partial charge in [0.25, 0.3) is 0 Å². The molecule has 26 heavy (non-hydrogen) atoms. The zero-order chi connectivity index (χ0) is 18.7. The molecule has 0 aromatic carbocycles. The molecule has 1 aromatic rings. The molecular formula is C17H32IN5O2S. The number of halogens is 1. The molecule has 0 fully saturated rings. The van der Waals surface area contributed by atoms with Crippen LogP contribution >= 0.6 is 24.0 Å². The number of hydrogen-bond acceptors (Lipinski definition) is 4. The topological polar surface area (TPSA) is 95.5 Å². The minimum atomic E-state index is -3.52. The van der Waals surface area contributed by atoms with E-state index >= 15 is 0 Å². The van der Waals surface area contributed by atoms with Crippen LogP contribution in [0.4, 0.5) is 0 Å². The zero-order valence-electron chi connectivity index (χ0n) is 16.0. The van der Waals surface area contributed by atoms with E-state index in [0.29, 0.717) is 18.5 Å². The molecule has 7 nitrogen and oxygen atoms in total. The predicted molar refractivity (Wildman–Crippen MR) is 117 cm³/mol. The molecular weight excluding hydrogens is 465 g/mol. The molecule has 0 aliphatic carbocycles. The van der Waals surface area contributed by atoms with Crippen molar-refractivity contribution >= 4 is 40.0 Å². The molecule has 1 rings (SSSR count). The van der Waals surface area contributed by atoms with E-state index < -0.39 is 10.0 Å². The van der Waals surface area contributed by atoms with Crippen molar-refractivity contribution in [3.05, 3.63) is 24.5 Å². The van der Waals surface area contributed by atoms with Crippen molar-refractivity contribution in [3.63, 3.8) is 0 Å². The maximum Gasteiger partial charge on any atom is 0.242 e. The number of nitrogens with one attached hydrogen (secondary N) is 3. The molecule has 0 radical (unpaired) electrons. The lowest BCUT2D eigenvalue weighted by molar-refractivity contribution is 0.491. The Morgan fingerprint density at radius 1 is 1.23 bits per heavy atom. The number of pyridine rings is 1. The number of aromatic nitrogens is 1. The van der Waals surface area contributed by atoms with E-state index in [1.165, 1.54) is 25.1 Å². The Balaban J connectivity index is 0.00000625. The third-order valence-corrected chi connectivity index (χ3v) is 5.13. The van der Waals surface area contributed by atoms with Gasteiger partial charge < -0.3 is 10.6 Å². The van der Waals surface area contributed by atoms with Crippen LogP contribution in [0.15, 0.2) is 34.4 Å². The summed E-state index contributed by atoms with van der Waals surface area (Å²) in [6, 6.07) is 3.43. The smallest absolute Gasteiger partial charge is 0.242 e. The number of aliphatic imine (C=N–C) groups is 1. The molecule has 150 valence electrons. The van der Waals surface area contributed by atoms with Gasteiger partial charge in [-0.2, -0.15) is 0 Å². The van der Waals surface area contributed by atoms with E-state index in [-0.39, 0.29) is 35.4 Å².